The van der Waals surface area contributed by atoms with E-state index in [2.05, 4.69) is 17.5 Å². The molecule has 0 radical (unpaired) electrons. The van der Waals surface area contributed by atoms with Crippen LogP contribution in [0.1, 0.15) is 32.1 Å². The van der Waals surface area contributed by atoms with Gasteiger partial charge >= 0.3 is 0 Å². The van der Waals surface area contributed by atoms with E-state index < -0.39 is 29.1 Å². The maximum absolute atomic E-state index is 12.2. The minimum atomic E-state index is -0.852. The number of amides is 2. The molecular weight excluding hydrogens is 266 g/mol. The lowest BCUT2D eigenvalue weighted by Gasteiger charge is -2.64. The number of hydrogen-bond acceptors (Lipinski definition) is 4. The molecule has 1 spiro atoms. The number of carbonyl (C=O) groups excluding carboxylic acids is 2. The summed E-state index contributed by atoms with van der Waals surface area (Å²) < 4.78 is 0. The van der Waals surface area contributed by atoms with Crippen LogP contribution >= 0.6 is 0 Å². The number of rotatable bonds is 0. The molecule has 4 aliphatic carbocycles. The van der Waals surface area contributed by atoms with Crippen LogP contribution in [0.5, 0.6) is 0 Å². The monoisotopic (exact) mass is 283 g/mol. The van der Waals surface area contributed by atoms with Gasteiger partial charge in [0.25, 0.3) is 0 Å². The second-order valence-corrected chi connectivity index (χ2v) is 7.28. The number of nitriles is 2. The fourth-order valence-electron chi connectivity index (χ4n) is 6.17. The summed E-state index contributed by atoms with van der Waals surface area (Å²) in [4.78, 5) is 24.5. The third kappa shape index (κ3) is 1.39. The lowest BCUT2D eigenvalue weighted by atomic mass is 9.39. The first kappa shape index (κ1) is 12.8. The van der Waals surface area contributed by atoms with Crippen LogP contribution in [-0.2, 0) is 9.59 Å². The Morgan fingerprint density at radius 1 is 0.857 bits per heavy atom. The van der Waals surface area contributed by atoms with E-state index in [1.54, 1.807) is 0 Å². The van der Waals surface area contributed by atoms with Gasteiger partial charge in [0.15, 0.2) is 0 Å². The molecule has 0 unspecified atom stereocenters. The fourth-order valence-corrected chi connectivity index (χ4v) is 6.17. The molecule has 21 heavy (non-hydrogen) atoms. The molecule has 1 N–H and O–H groups in total. The highest BCUT2D eigenvalue weighted by molar-refractivity contribution is 6.03. The van der Waals surface area contributed by atoms with Crippen molar-refractivity contribution in [3.05, 3.63) is 0 Å². The first-order valence-corrected chi connectivity index (χ1v) is 7.75. The van der Waals surface area contributed by atoms with Crippen LogP contribution in [-0.4, -0.2) is 11.8 Å². The number of imide groups is 1. The average Bonchev–Trinajstić information content (AvgIpc) is 2.43. The Hall–Kier alpha value is -1.88. The van der Waals surface area contributed by atoms with Crippen LogP contribution in [0.4, 0.5) is 0 Å². The zero-order valence-electron chi connectivity index (χ0n) is 11.7. The van der Waals surface area contributed by atoms with Gasteiger partial charge in [-0.25, -0.2) is 0 Å². The highest BCUT2D eigenvalue weighted by Gasteiger charge is 2.68. The number of carbonyl (C=O) groups is 2. The molecule has 1 saturated heterocycles. The van der Waals surface area contributed by atoms with Crippen LogP contribution in [0.25, 0.3) is 0 Å². The standard InChI is InChI=1S/C16H17N3O2/c17-6-12-14(20)19-15(21)13(7-18)16(12)10-2-8-1-9(4-10)5-11(16)3-8/h8-13H,1-5H2,(H,19,20,21)/t8?,9?,10?,11?,12-,13+,16?. The summed E-state index contributed by atoms with van der Waals surface area (Å²) in [6, 6.07) is 4.28. The van der Waals surface area contributed by atoms with E-state index in [1.807, 2.05) is 0 Å². The van der Waals surface area contributed by atoms with Gasteiger partial charge in [0, 0.05) is 5.41 Å². The van der Waals surface area contributed by atoms with E-state index >= 15 is 0 Å². The highest BCUT2D eigenvalue weighted by Crippen LogP contribution is 2.67. The summed E-state index contributed by atoms with van der Waals surface area (Å²) in [5, 5.41) is 21.4. The molecule has 108 valence electrons. The number of hydrogen-bond donors (Lipinski definition) is 1. The molecule has 0 aromatic rings. The second-order valence-electron chi connectivity index (χ2n) is 7.28. The minimum absolute atomic E-state index is 0.179. The van der Waals surface area contributed by atoms with Gasteiger partial charge in [-0.2, -0.15) is 10.5 Å². The molecule has 2 amide bonds. The molecule has 1 aliphatic heterocycles. The molecule has 4 saturated carbocycles. The van der Waals surface area contributed by atoms with Gasteiger partial charge in [-0.05, 0) is 55.8 Å². The number of nitrogens with one attached hydrogen (secondary N) is 1. The zero-order valence-corrected chi connectivity index (χ0v) is 11.7. The summed E-state index contributed by atoms with van der Waals surface area (Å²) >= 11 is 0. The Balaban J connectivity index is 1.89. The second kappa shape index (κ2) is 4.07. The molecule has 5 heteroatoms. The smallest absolute Gasteiger partial charge is 0.244 e. The van der Waals surface area contributed by atoms with E-state index in [4.69, 9.17) is 0 Å². The predicted molar refractivity (Wildman–Crippen MR) is 70.8 cm³/mol. The number of piperidine rings is 1. The van der Waals surface area contributed by atoms with Gasteiger partial charge in [-0.3, -0.25) is 14.9 Å². The summed E-state index contributed by atoms with van der Waals surface area (Å²) in [5.41, 5.74) is -0.726. The average molecular weight is 283 g/mol. The third-order valence-electron chi connectivity index (χ3n) is 6.58. The molecule has 5 aliphatic rings. The highest BCUT2D eigenvalue weighted by atomic mass is 16.2. The zero-order chi connectivity index (χ0) is 14.8. The molecule has 4 bridgehead atoms. The van der Waals surface area contributed by atoms with Gasteiger partial charge < -0.3 is 0 Å². The Kier molecular flexibility index (Phi) is 2.49. The van der Waals surface area contributed by atoms with Crippen molar-refractivity contribution in [1.29, 1.82) is 10.5 Å². The maximum atomic E-state index is 12.2. The van der Waals surface area contributed by atoms with Gasteiger partial charge in [0.05, 0.1) is 12.1 Å². The van der Waals surface area contributed by atoms with Crippen molar-refractivity contribution in [2.75, 3.05) is 0 Å². The fraction of sp³-hybridized carbons (Fsp3) is 0.750. The third-order valence-corrected chi connectivity index (χ3v) is 6.58. The summed E-state index contributed by atoms with van der Waals surface area (Å²) in [6.45, 7) is 0. The topological polar surface area (TPSA) is 93.8 Å². The largest absolute Gasteiger partial charge is 0.294 e. The summed E-state index contributed by atoms with van der Waals surface area (Å²) in [5.74, 6) is -0.988. The lowest BCUT2D eigenvalue weighted by Crippen LogP contribution is -2.67. The quantitative estimate of drug-likeness (QED) is 0.679. The van der Waals surface area contributed by atoms with E-state index in [-0.39, 0.29) is 11.8 Å². The molecule has 2 atom stereocenters. The van der Waals surface area contributed by atoms with Gasteiger partial charge in [-0.1, -0.05) is 0 Å². The molecule has 1 heterocycles. The Morgan fingerprint density at radius 3 is 1.67 bits per heavy atom. The van der Waals surface area contributed by atoms with Crippen LogP contribution < -0.4 is 5.32 Å². The van der Waals surface area contributed by atoms with Crippen LogP contribution in [0.15, 0.2) is 0 Å². The normalized spacial score (nSPS) is 50.6. The van der Waals surface area contributed by atoms with Crippen molar-refractivity contribution in [1.82, 2.24) is 5.32 Å². The van der Waals surface area contributed by atoms with Crippen molar-refractivity contribution in [2.45, 2.75) is 32.1 Å². The van der Waals surface area contributed by atoms with Crippen LogP contribution in [0.2, 0.25) is 0 Å². The summed E-state index contributed by atoms with van der Waals surface area (Å²) in [6.07, 6.45) is 5.15. The molecule has 0 aromatic carbocycles. The molecule has 5 rings (SSSR count). The van der Waals surface area contributed by atoms with Gasteiger partial charge in [0.2, 0.25) is 11.8 Å². The van der Waals surface area contributed by atoms with E-state index in [1.165, 1.54) is 6.42 Å². The van der Waals surface area contributed by atoms with Crippen LogP contribution in [0, 0.1) is 63.6 Å². The molecule has 5 nitrogen and oxygen atoms in total. The van der Waals surface area contributed by atoms with Gasteiger partial charge in [-0.15, -0.1) is 0 Å². The SMILES string of the molecule is N#C[C@@H]1C(=O)NC(=O)[C@H](C#N)C12C1CC3CC(C1)CC2C3. The Morgan fingerprint density at radius 2 is 1.29 bits per heavy atom. The molecular formula is C16H17N3O2. The van der Waals surface area contributed by atoms with Crippen molar-refractivity contribution < 1.29 is 9.59 Å². The number of nitrogens with zero attached hydrogens (tertiary/aromatic N) is 2. The summed E-state index contributed by atoms with van der Waals surface area (Å²) in [7, 11) is 0. The lowest BCUT2D eigenvalue weighted by molar-refractivity contribution is -0.180. The first-order chi connectivity index (χ1) is 10.1. The molecule has 5 fully saturated rings. The van der Waals surface area contributed by atoms with E-state index in [0.29, 0.717) is 11.8 Å². The van der Waals surface area contributed by atoms with Gasteiger partial charge in [0.1, 0.15) is 11.8 Å². The predicted octanol–water partition coefficient (Wildman–Crippen LogP) is 1.36. The van der Waals surface area contributed by atoms with Crippen molar-refractivity contribution in [3.63, 3.8) is 0 Å². The van der Waals surface area contributed by atoms with Crippen molar-refractivity contribution in [3.8, 4) is 12.1 Å². The van der Waals surface area contributed by atoms with Crippen molar-refractivity contribution in [2.24, 2.45) is 40.9 Å². The van der Waals surface area contributed by atoms with Crippen molar-refractivity contribution >= 4 is 11.8 Å². The van der Waals surface area contributed by atoms with E-state index in [9.17, 15) is 20.1 Å². The van der Waals surface area contributed by atoms with E-state index in [0.717, 1.165) is 25.7 Å². The minimum Gasteiger partial charge on any atom is -0.294 e. The Labute approximate surface area is 123 Å². The molecule has 0 aromatic heterocycles. The maximum Gasteiger partial charge on any atom is 0.244 e. The first-order valence-electron chi connectivity index (χ1n) is 7.75. The Bertz CT molecular complexity index is 550. The van der Waals surface area contributed by atoms with Crippen LogP contribution in [0.3, 0.4) is 0 Å².